The molecule has 8 heteroatoms. The van der Waals surface area contributed by atoms with Gasteiger partial charge in [0.05, 0.1) is 18.8 Å². The van der Waals surface area contributed by atoms with E-state index in [2.05, 4.69) is 0 Å². The molecule has 0 aromatic rings. The van der Waals surface area contributed by atoms with Crippen LogP contribution >= 0.6 is 0 Å². The molecule has 2 unspecified atom stereocenters. The Bertz CT molecular complexity index is 127. The molecule has 0 amide bonds. The molecule has 1 heterocycles. The van der Waals surface area contributed by atoms with Crippen LogP contribution in [0.2, 0.25) is 0 Å². The predicted molar refractivity (Wildman–Crippen MR) is 58.7 cm³/mol. The minimum Gasteiger partial charge on any atom is -0.396 e. The molecular weight excluding hydrogens is 394 g/mol. The van der Waals surface area contributed by atoms with Crippen molar-refractivity contribution in [2.45, 2.75) is 38.4 Å². The van der Waals surface area contributed by atoms with Crippen LogP contribution in [0, 0.1) is 0 Å². The number of aliphatic hydroxyl groups excluding tert-OH is 4. The summed E-state index contributed by atoms with van der Waals surface area (Å²) in [5.74, 6) is 0. The van der Waals surface area contributed by atoms with Crippen LogP contribution in [0.15, 0.2) is 0 Å². The first-order valence-corrected chi connectivity index (χ1v) is 5.39. The summed E-state index contributed by atoms with van der Waals surface area (Å²) < 4.78 is 4.79. The van der Waals surface area contributed by atoms with Crippen molar-refractivity contribution < 1.29 is 95.7 Å². The number of hydrogen-bond acceptors (Lipinski definition) is 6. The number of aliphatic hydroxyl groups is 5. The van der Waals surface area contributed by atoms with Gasteiger partial charge in [0.1, 0.15) is 6.79 Å². The van der Waals surface area contributed by atoms with Crippen molar-refractivity contribution in [3.8, 4) is 0 Å². The molecule has 5 N–H and O–H groups in total. The number of rotatable bonds is 5. The Labute approximate surface area is 159 Å². The SMILES string of the molecule is CCC(O)CCO.OCCC1CO1.OCO.[Y].[Y]. The first-order chi connectivity index (χ1) is 7.65. The van der Waals surface area contributed by atoms with Gasteiger partial charge in [0, 0.05) is 78.6 Å². The van der Waals surface area contributed by atoms with E-state index in [0.29, 0.717) is 12.5 Å². The van der Waals surface area contributed by atoms with Gasteiger partial charge in [-0.2, -0.15) is 0 Å². The van der Waals surface area contributed by atoms with Gasteiger partial charge in [-0.1, -0.05) is 6.92 Å². The first kappa shape index (κ1) is 28.2. The number of ether oxygens (including phenoxy) is 1. The second-order valence-electron chi connectivity index (χ2n) is 3.18. The van der Waals surface area contributed by atoms with Gasteiger partial charge >= 0.3 is 0 Å². The molecule has 2 atom stereocenters. The fraction of sp³-hybridized carbons (Fsp3) is 1.00. The van der Waals surface area contributed by atoms with Crippen molar-refractivity contribution >= 4 is 0 Å². The van der Waals surface area contributed by atoms with Crippen LogP contribution in [0.3, 0.4) is 0 Å². The van der Waals surface area contributed by atoms with Crippen LogP contribution in [0.5, 0.6) is 0 Å². The standard InChI is InChI=1S/C5H12O2.C4H8O2.CH4O2.2Y/c1-2-5(7)3-4-6;5-2-1-4-3-6-4;2-1-3;;/h5-7H,2-4H2,1H3;4-5H,1-3H2;2-3H,1H2;;. The van der Waals surface area contributed by atoms with Gasteiger partial charge in [0.2, 0.25) is 0 Å². The summed E-state index contributed by atoms with van der Waals surface area (Å²) in [5, 5.41) is 39.4. The third-order valence-electron chi connectivity index (χ3n) is 1.79. The van der Waals surface area contributed by atoms with E-state index in [9.17, 15) is 0 Å². The van der Waals surface area contributed by atoms with Crippen molar-refractivity contribution in [1.82, 2.24) is 0 Å². The Morgan fingerprint density at radius 2 is 1.56 bits per heavy atom. The molecule has 0 bridgehead atoms. The molecule has 1 aliphatic rings. The Hall–Kier alpha value is 1.97. The summed E-state index contributed by atoms with van der Waals surface area (Å²) in [4.78, 5) is 0. The van der Waals surface area contributed by atoms with Crippen LogP contribution < -0.4 is 0 Å². The van der Waals surface area contributed by atoms with Crippen molar-refractivity contribution in [2.24, 2.45) is 0 Å². The maximum atomic E-state index is 8.70. The average Bonchev–Trinajstić information content (AvgIpc) is 3.05. The minimum atomic E-state index is -0.750. The third-order valence-corrected chi connectivity index (χ3v) is 1.79. The van der Waals surface area contributed by atoms with E-state index in [-0.39, 0.29) is 84.7 Å². The molecule has 1 fully saturated rings. The van der Waals surface area contributed by atoms with Gasteiger partial charge in [0.25, 0.3) is 0 Å². The Morgan fingerprint density at radius 3 is 1.67 bits per heavy atom. The molecular formula is C10H24O6Y2. The predicted octanol–water partition coefficient (Wildman–Crippen LogP) is -1.17. The Morgan fingerprint density at radius 1 is 1.11 bits per heavy atom. The van der Waals surface area contributed by atoms with Gasteiger partial charge < -0.3 is 30.3 Å². The fourth-order valence-corrected chi connectivity index (χ4v) is 0.732. The molecule has 1 aliphatic heterocycles. The zero-order chi connectivity index (χ0) is 12.8. The summed E-state index contributed by atoms with van der Waals surface area (Å²) in [5.41, 5.74) is 0. The van der Waals surface area contributed by atoms with Gasteiger partial charge in [-0.15, -0.1) is 0 Å². The number of hydrogen-bond donors (Lipinski definition) is 5. The summed E-state index contributed by atoms with van der Waals surface area (Å²) >= 11 is 0. The van der Waals surface area contributed by atoms with Gasteiger partial charge in [-0.3, -0.25) is 0 Å². The fourth-order valence-electron chi connectivity index (χ4n) is 0.732. The van der Waals surface area contributed by atoms with Gasteiger partial charge in [-0.25, -0.2) is 0 Å². The normalized spacial score (nSPS) is 16.7. The zero-order valence-electron chi connectivity index (χ0n) is 10.9. The van der Waals surface area contributed by atoms with Gasteiger partial charge in [0.15, 0.2) is 0 Å². The molecule has 0 aromatic carbocycles. The van der Waals surface area contributed by atoms with Gasteiger partial charge in [-0.05, 0) is 19.3 Å². The largest absolute Gasteiger partial charge is 0.396 e. The topological polar surface area (TPSA) is 114 Å². The molecule has 0 aliphatic carbocycles. The van der Waals surface area contributed by atoms with E-state index in [1.807, 2.05) is 6.92 Å². The van der Waals surface area contributed by atoms with Crippen LogP contribution in [0.1, 0.15) is 26.2 Å². The molecule has 1 saturated heterocycles. The van der Waals surface area contributed by atoms with Crippen LogP contribution in [0.4, 0.5) is 0 Å². The van der Waals surface area contributed by atoms with Crippen molar-refractivity contribution in [2.75, 3.05) is 26.6 Å². The zero-order valence-corrected chi connectivity index (χ0v) is 16.6. The summed E-state index contributed by atoms with van der Waals surface area (Å²) in [6, 6.07) is 0. The summed E-state index contributed by atoms with van der Waals surface area (Å²) in [6.45, 7) is 2.36. The summed E-state index contributed by atoms with van der Waals surface area (Å²) in [6.07, 6.45) is 2.16. The van der Waals surface area contributed by atoms with E-state index in [1.165, 1.54) is 0 Å². The second-order valence-corrected chi connectivity index (χ2v) is 3.18. The number of epoxide rings is 1. The molecule has 0 spiro atoms. The Kier molecular flexibility index (Phi) is 37.6. The van der Waals surface area contributed by atoms with E-state index in [0.717, 1.165) is 19.4 Å². The molecule has 2 radical (unpaired) electrons. The molecule has 1 rings (SSSR count). The van der Waals surface area contributed by atoms with E-state index in [4.69, 9.17) is 30.3 Å². The second kappa shape index (κ2) is 24.0. The molecule has 106 valence electrons. The van der Waals surface area contributed by atoms with Crippen molar-refractivity contribution in [3.05, 3.63) is 0 Å². The average molecular weight is 418 g/mol. The van der Waals surface area contributed by atoms with Crippen LogP contribution in [-0.2, 0) is 70.2 Å². The van der Waals surface area contributed by atoms with E-state index in [1.54, 1.807) is 0 Å². The maximum absolute atomic E-state index is 8.70. The Balaban J connectivity index is -0.0000000825. The molecule has 6 nitrogen and oxygen atoms in total. The quantitative estimate of drug-likeness (QED) is 0.284. The molecule has 0 saturated carbocycles. The molecule has 0 aromatic heterocycles. The maximum Gasteiger partial charge on any atom is 0.140 e. The van der Waals surface area contributed by atoms with Crippen LogP contribution in [-0.4, -0.2) is 64.4 Å². The van der Waals surface area contributed by atoms with E-state index < -0.39 is 6.79 Å². The first-order valence-electron chi connectivity index (χ1n) is 5.39. The van der Waals surface area contributed by atoms with E-state index >= 15 is 0 Å². The molecule has 18 heavy (non-hydrogen) atoms. The van der Waals surface area contributed by atoms with Crippen LogP contribution in [0.25, 0.3) is 0 Å². The minimum absolute atomic E-state index is 0. The monoisotopic (exact) mass is 418 g/mol. The third kappa shape index (κ3) is 30.8. The summed E-state index contributed by atoms with van der Waals surface area (Å²) in [7, 11) is 0. The van der Waals surface area contributed by atoms with Crippen molar-refractivity contribution in [1.29, 1.82) is 0 Å². The smallest absolute Gasteiger partial charge is 0.140 e. The van der Waals surface area contributed by atoms with Crippen molar-refractivity contribution in [3.63, 3.8) is 0 Å².